The van der Waals surface area contributed by atoms with Gasteiger partial charge in [0.25, 0.3) is 0 Å². The Morgan fingerprint density at radius 3 is 2.63 bits per heavy atom. The molecule has 0 saturated carbocycles. The topological polar surface area (TPSA) is 50.7 Å². The van der Waals surface area contributed by atoms with Crippen LogP contribution < -0.4 is 14.8 Å². The first-order valence-electron chi connectivity index (χ1n) is 6.52. The van der Waals surface area contributed by atoms with Crippen LogP contribution in [0.4, 0.5) is 0 Å². The molecule has 2 N–H and O–H groups in total. The summed E-state index contributed by atoms with van der Waals surface area (Å²) in [7, 11) is 0. The van der Waals surface area contributed by atoms with Gasteiger partial charge in [0.15, 0.2) is 11.5 Å². The number of benzene rings is 1. The highest BCUT2D eigenvalue weighted by atomic mass is 79.9. The summed E-state index contributed by atoms with van der Waals surface area (Å²) in [4.78, 5) is 0. The molecule has 0 fully saturated rings. The Morgan fingerprint density at radius 1 is 1.32 bits per heavy atom. The van der Waals surface area contributed by atoms with Crippen molar-refractivity contribution in [3.8, 4) is 11.5 Å². The number of aliphatic hydroxyl groups is 1. The van der Waals surface area contributed by atoms with Crippen LogP contribution in [0.15, 0.2) is 16.6 Å². The predicted molar refractivity (Wildman–Crippen MR) is 79.9 cm³/mol. The Bertz CT molecular complexity index is 397. The van der Waals surface area contributed by atoms with Gasteiger partial charge >= 0.3 is 0 Å². The van der Waals surface area contributed by atoms with Gasteiger partial charge in [-0.2, -0.15) is 0 Å². The number of halogens is 1. The molecule has 19 heavy (non-hydrogen) atoms. The van der Waals surface area contributed by atoms with Crippen molar-refractivity contribution in [1.29, 1.82) is 0 Å². The third-order valence-electron chi connectivity index (χ3n) is 2.38. The first-order valence-corrected chi connectivity index (χ1v) is 7.31. The lowest BCUT2D eigenvalue weighted by Crippen LogP contribution is -2.18. The number of hydrogen-bond donors (Lipinski definition) is 2. The van der Waals surface area contributed by atoms with E-state index in [9.17, 15) is 0 Å². The van der Waals surface area contributed by atoms with Crippen molar-refractivity contribution >= 4 is 15.9 Å². The molecule has 0 bridgehead atoms. The molecule has 1 aromatic carbocycles. The number of aliphatic hydroxyl groups excluding tert-OH is 1. The molecule has 5 heteroatoms. The van der Waals surface area contributed by atoms with Crippen molar-refractivity contribution in [3.05, 3.63) is 22.2 Å². The van der Waals surface area contributed by atoms with Gasteiger partial charge in [-0.1, -0.05) is 15.9 Å². The monoisotopic (exact) mass is 331 g/mol. The Kier molecular flexibility index (Phi) is 7.20. The van der Waals surface area contributed by atoms with E-state index in [1.54, 1.807) is 0 Å². The van der Waals surface area contributed by atoms with Crippen LogP contribution in [0.25, 0.3) is 0 Å². The van der Waals surface area contributed by atoms with Crippen molar-refractivity contribution in [2.45, 2.75) is 33.4 Å². The van der Waals surface area contributed by atoms with Crippen LogP contribution in [-0.4, -0.2) is 31.0 Å². The van der Waals surface area contributed by atoms with Gasteiger partial charge in [0.05, 0.1) is 19.3 Å². The van der Waals surface area contributed by atoms with Crippen molar-refractivity contribution in [2.24, 2.45) is 0 Å². The number of ether oxygens (including phenoxy) is 2. The molecule has 0 heterocycles. The average Bonchev–Trinajstić information content (AvgIpc) is 2.34. The summed E-state index contributed by atoms with van der Waals surface area (Å²) in [5.74, 6) is 1.50. The molecule has 1 rings (SSSR count). The van der Waals surface area contributed by atoms with Gasteiger partial charge < -0.3 is 19.9 Å². The number of nitrogens with one attached hydrogen (secondary N) is 1. The van der Waals surface area contributed by atoms with Crippen LogP contribution in [0, 0.1) is 0 Å². The Labute approximate surface area is 123 Å². The maximum Gasteiger partial charge on any atom is 0.162 e. The van der Waals surface area contributed by atoms with Crippen LogP contribution in [0.3, 0.4) is 0 Å². The van der Waals surface area contributed by atoms with E-state index in [0.29, 0.717) is 19.7 Å². The zero-order chi connectivity index (χ0) is 14.3. The average molecular weight is 332 g/mol. The zero-order valence-electron chi connectivity index (χ0n) is 11.7. The quantitative estimate of drug-likeness (QED) is 0.719. The molecule has 0 aliphatic heterocycles. The Morgan fingerprint density at radius 2 is 2.05 bits per heavy atom. The van der Waals surface area contributed by atoms with E-state index in [1.807, 2.05) is 32.9 Å². The molecule has 108 valence electrons. The largest absolute Gasteiger partial charge is 0.490 e. The summed E-state index contributed by atoms with van der Waals surface area (Å²) in [5, 5.41) is 11.9. The molecule has 0 radical (unpaired) electrons. The molecule has 0 spiro atoms. The SMILES string of the molecule is CCOc1cc(CNCCO)c(Br)cc1OC(C)C. The fourth-order valence-electron chi connectivity index (χ4n) is 1.63. The van der Waals surface area contributed by atoms with E-state index in [0.717, 1.165) is 21.5 Å². The molecule has 0 saturated heterocycles. The molecule has 0 unspecified atom stereocenters. The number of hydrogen-bond acceptors (Lipinski definition) is 4. The van der Waals surface area contributed by atoms with Gasteiger partial charge in [-0.15, -0.1) is 0 Å². The lowest BCUT2D eigenvalue weighted by Gasteiger charge is -2.17. The third kappa shape index (κ3) is 5.38. The predicted octanol–water partition coefficient (Wildman–Crippen LogP) is 2.72. The molecule has 0 aliphatic rings. The lowest BCUT2D eigenvalue weighted by molar-refractivity contribution is 0.223. The van der Waals surface area contributed by atoms with Crippen LogP contribution in [0.5, 0.6) is 11.5 Å². The van der Waals surface area contributed by atoms with Gasteiger partial charge in [0, 0.05) is 17.6 Å². The van der Waals surface area contributed by atoms with E-state index in [2.05, 4.69) is 21.2 Å². The zero-order valence-corrected chi connectivity index (χ0v) is 13.3. The van der Waals surface area contributed by atoms with E-state index in [-0.39, 0.29) is 12.7 Å². The van der Waals surface area contributed by atoms with Crippen LogP contribution in [0.1, 0.15) is 26.3 Å². The fourth-order valence-corrected chi connectivity index (χ4v) is 2.09. The highest BCUT2D eigenvalue weighted by Crippen LogP contribution is 2.34. The minimum Gasteiger partial charge on any atom is -0.490 e. The summed E-state index contributed by atoms with van der Waals surface area (Å²) in [6, 6.07) is 3.90. The fraction of sp³-hybridized carbons (Fsp3) is 0.571. The van der Waals surface area contributed by atoms with Crippen molar-refractivity contribution in [1.82, 2.24) is 5.32 Å². The van der Waals surface area contributed by atoms with Crippen molar-refractivity contribution < 1.29 is 14.6 Å². The number of rotatable bonds is 8. The molecule has 0 atom stereocenters. The summed E-state index contributed by atoms with van der Waals surface area (Å²) in [6.07, 6.45) is 0.101. The maximum atomic E-state index is 8.78. The highest BCUT2D eigenvalue weighted by molar-refractivity contribution is 9.10. The van der Waals surface area contributed by atoms with Crippen LogP contribution >= 0.6 is 15.9 Å². The normalized spacial score (nSPS) is 10.8. The first kappa shape index (κ1) is 16.3. The molecule has 1 aromatic rings. The van der Waals surface area contributed by atoms with Crippen molar-refractivity contribution in [3.63, 3.8) is 0 Å². The van der Waals surface area contributed by atoms with Gasteiger partial charge in [-0.05, 0) is 38.5 Å². The second kappa shape index (κ2) is 8.40. The Balaban J connectivity index is 2.91. The van der Waals surface area contributed by atoms with E-state index >= 15 is 0 Å². The minimum absolute atomic E-state index is 0.101. The van der Waals surface area contributed by atoms with Crippen LogP contribution in [0.2, 0.25) is 0 Å². The standard InChI is InChI=1S/C14H22BrNO3/c1-4-18-13-7-11(9-16-5-6-17)12(15)8-14(13)19-10(2)3/h7-8,10,16-17H,4-6,9H2,1-3H3. The smallest absolute Gasteiger partial charge is 0.162 e. The third-order valence-corrected chi connectivity index (χ3v) is 3.12. The van der Waals surface area contributed by atoms with E-state index in [4.69, 9.17) is 14.6 Å². The maximum absolute atomic E-state index is 8.78. The summed E-state index contributed by atoms with van der Waals surface area (Å²) in [5.41, 5.74) is 1.08. The van der Waals surface area contributed by atoms with Gasteiger partial charge in [0.2, 0.25) is 0 Å². The molecular weight excluding hydrogens is 310 g/mol. The van der Waals surface area contributed by atoms with E-state index in [1.165, 1.54) is 0 Å². The molecule has 4 nitrogen and oxygen atoms in total. The molecule has 0 aliphatic carbocycles. The van der Waals surface area contributed by atoms with E-state index < -0.39 is 0 Å². The highest BCUT2D eigenvalue weighted by Gasteiger charge is 2.11. The molecular formula is C14H22BrNO3. The van der Waals surface area contributed by atoms with Crippen molar-refractivity contribution in [2.75, 3.05) is 19.8 Å². The van der Waals surface area contributed by atoms with Gasteiger partial charge in [0.1, 0.15) is 0 Å². The summed E-state index contributed by atoms with van der Waals surface area (Å²) in [6.45, 7) is 7.89. The summed E-state index contributed by atoms with van der Waals surface area (Å²) < 4.78 is 12.3. The minimum atomic E-state index is 0.101. The second-order valence-corrected chi connectivity index (χ2v) is 5.24. The van der Waals surface area contributed by atoms with Gasteiger partial charge in [-0.25, -0.2) is 0 Å². The van der Waals surface area contributed by atoms with Gasteiger partial charge in [-0.3, -0.25) is 0 Å². The Hall–Kier alpha value is -0.780. The first-order chi connectivity index (χ1) is 9.08. The lowest BCUT2D eigenvalue weighted by atomic mass is 10.2. The summed E-state index contributed by atoms with van der Waals surface area (Å²) >= 11 is 3.54. The molecule has 0 amide bonds. The van der Waals surface area contributed by atoms with Crippen LogP contribution in [-0.2, 0) is 6.54 Å². The second-order valence-electron chi connectivity index (χ2n) is 4.39. The molecule has 0 aromatic heterocycles.